The summed E-state index contributed by atoms with van der Waals surface area (Å²) in [4.78, 5) is 7.99. The molecule has 0 aliphatic heterocycles. The van der Waals surface area contributed by atoms with Gasteiger partial charge in [0.25, 0.3) is 0 Å². The first-order chi connectivity index (χ1) is 7.66. The van der Waals surface area contributed by atoms with Crippen LogP contribution < -0.4 is 5.32 Å². The molecule has 1 N–H and O–H groups in total. The van der Waals surface area contributed by atoms with Crippen LogP contribution in [0.4, 0.5) is 11.5 Å². The third-order valence-corrected chi connectivity index (χ3v) is 2.62. The van der Waals surface area contributed by atoms with E-state index in [4.69, 9.17) is 23.2 Å². The van der Waals surface area contributed by atoms with E-state index in [1.165, 1.54) is 6.20 Å². The van der Waals surface area contributed by atoms with Gasteiger partial charge in [-0.05, 0) is 24.6 Å². The Bertz CT molecular complexity index is 514. The number of nitrogens with zero attached hydrogens (tertiary/aromatic N) is 2. The summed E-state index contributed by atoms with van der Waals surface area (Å²) in [5.41, 5.74) is 1.86. The Balaban J connectivity index is 2.31. The van der Waals surface area contributed by atoms with Gasteiger partial charge >= 0.3 is 0 Å². The van der Waals surface area contributed by atoms with Crippen LogP contribution >= 0.6 is 23.2 Å². The molecule has 0 amide bonds. The topological polar surface area (TPSA) is 37.8 Å². The van der Waals surface area contributed by atoms with Crippen LogP contribution in [0, 0.1) is 6.92 Å². The molecule has 1 aromatic heterocycles. The van der Waals surface area contributed by atoms with Gasteiger partial charge in [0.05, 0.1) is 10.7 Å². The van der Waals surface area contributed by atoms with Gasteiger partial charge in [0.15, 0.2) is 11.0 Å². The van der Waals surface area contributed by atoms with Crippen molar-refractivity contribution in [2.45, 2.75) is 6.92 Å². The summed E-state index contributed by atoms with van der Waals surface area (Å²) < 4.78 is 0. The highest BCUT2D eigenvalue weighted by Gasteiger charge is 2.05. The van der Waals surface area contributed by atoms with Crippen LogP contribution in [0.25, 0.3) is 0 Å². The molecule has 16 heavy (non-hydrogen) atoms. The summed E-state index contributed by atoms with van der Waals surface area (Å²) in [6.07, 6.45) is 3.10. The van der Waals surface area contributed by atoms with Crippen molar-refractivity contribution in [2.75, 3.05) is 5.32 Å². The van der Waals surface area contributed by atoms with E-state index in [2.05, 4.69) is 15.3 Å². The molecule has 0 fully saturated rings. The van der Waals surface area contributed by atoms with Gasteiger partial charge in [0.1, 0.15) is 0 Å². The van der Waals surface area contributed by atoms with Crippen LogP contribution in [0.15, 0.2) is 30.6 Å². The van der Waals surface area contributed by atoms with Crippen LogP contribution in [0.2, 0.25) is 10.2 Å². The maximum Gasteiger partial charge on any atom is 0.171 e. The fourth-order valence-corrected chi connectivity index (χ4v) is 1.69. The van der Waals surface area contributed by atoms with Crippen LogP contribution in [-0.2, 0) is 0 Å². The number of hydrogen-bond acceptors (Lipinski definition) is 3. The highest BCUT2D eigenvalue weighted by Crippen LogP contribution is 2.27. The monoisotopic (exact) mass is 253 g/mol. The standard InChI is InChI=1S/C11H9Cl2N3/c1-7-2-3-9(8(12)6-7)16-11-10(13)14-4-5-15-11/h2-6H,1H3,(H,15,16). The Hall–Kier alpha value is -1.32. The minimum absolute atomic E-state index is 0.319. The molecule has 0 bridgehead atoms. The summed E-state index contributed by atoms with van der Waals surface area (Å²) in [5, 5.41) is 3.98. The molecule has 0 saturated carbocycles. The van der Waals surface area contributed by atoms with E-state index < -0.39 is 0 Å². The Morgan fingerprint density at radius 2 is 1.88 bits per heavy atom. The molecule has 1 heterocycles. The summed E-state index contributed by atoms with van der Waals surface area (Å²) in [6.45, 7) is 1.98. The Kier molecular flexibility index (Phi) is 3.27. The van der Waals surface area contributed by atoms with E-state index in [0.29, 0.717) is 16.0 Å². The van der Waals surface area contributed by atoms with Crippen molar-refractivity contribution in [1.82, 2.24) is 9.97 Å². The third kappa shape index (κ3) is 2.43. The van der Waals surface area contributed by atoms with Crippen molar-refractivity contribution in [1.29, 1.82) is 0 Å². The van der Waals surface area contributed by atoms with Crippen molar-refractivity contribution in [3.8, 4) is 0 Å². The van der Waals surface area contributed by atoms with Gasteiger partial charge in [-0.25, -0.2) is 9.97 Å². The highest BCUT2D eigenvalue weighted by atomic mass is 35.5. The van der Waals surface area contributed by atoms with Crippen LogP contribution in [0.5, 0.6) is 0 Å². The molecule has 0 aliphatic rings. The number of hydrogen-bond donors (Lipinski definition) is 1. The lowest BCUT2D eigenvalue weighted by Crippen LogP contribution is -1.96. The molecule has 0 unspecified atom stereocenters. The summed E-state index contributed by atoms with van der Waals surface area (Å²) in [7, 11) is 0. The normalized spacial score (nSPS) is 10.2. The van der Waals surface area contributed by atoms with E-state index in [1.807, 2.05) is 25.1 Å². The molecule has 0 atom stereocenters. The number of aryl methyl sites for hydroxylation is 1. The quantitative estimate of drug-likeness (QED) is 0.884. The number of benzene rings is 1. The largest absolute Gasteiger partial charge is 0.336 e. The van der Waals surface area contributed by atoms with Crippen molar-refractivity contribution in [2.24, 2.45) is 0 Å². The van der Waals surface area contributed by atoms with Crippen molar-refractivity contribution < 1.29 is 0 Å². The van der Waals surface area contributed by atoms with Crippen LogP contribution in [0.1, 0.15) is 5.56 Å². The zero-order valence-corrected chi connectivity index (χ0v) is 10.0. The Morgan fingerprint density at radius 3 is 2.56 bits per heavy atom. The number of halogens is 2. The SMILES string of the molecule is Cc1ccc(Nc2nccnc2Cl)c(Cl)c1. The molecule has 3 nitrogen and oxygen atoms in total. The Labute approximate surface area is 103 Å². The fraction of sp³-hybridized carbons (Fsp3) is 0.0909. The predicted octanol–water partition coefficient (Wildman–Crippen LogP) is 3.84. The van der Waals surface area contributed by atoms with Gasteiger partial charge in [0, 0.05) is 12.4 Å². The average Bonchev–Trinajstić information content (AvgIpc) is 2.25. The number of anilines is 2. The third-order valence-electron chi connectivity index (χ3n) is 2.03. The first kappa shape index (κ1) is 11.2. The molecule has 82 valence electrons. The smallest absolute Gasteiger partial charge is 0.171 e. The second-order valence-electron chi connectivity index (χ2n) is 3.30. The summed E-state index contributed by atoms with van der Waals surface area (Å²) in [6, 6.07) is 5.70. The molecular weight excluding hydrogens is 245 g/mol. The molecule has 5 heteroatoms. The number of rotatable bonds is 2. The van der Waals surface area contributed by atoms with E-state index in [1.54, 1.807) is 6.20 Å². The average molecular weight is 254 g/mol. The lowest BCUT2D eigenvalue weighted by molar-refractivity contribution is 1.20. The molecule has 1 aromatic carbocycles. The number of aromatic nitrogens is 2. The first-order valence-corrected chi connectivity index (χ1v) is 5.42. The fourth-order valence-electron chi connectivity index (χ4n) is 1.25. The molecule has 0 saturated heterocycles. The van der Waals surface area contributed by atoms with Gasteiger partial charge in [-0.3, -0.25) is 0 Å². The summed E-state index contributed by atoms with van der Waals surface area (Å²) >= 11 is 12.0. The van der Waals surface area contributed by atoms with Crippen molar-refractivity contribution in [3.63, 3.8) is 0 Å². The Morgan fingerprint density at radius 1 is 1.12 bits per heavy atom. The van der Waals surface area contributed by atoms with E-state index in [9.17, 15) is 0 Å². The molecule has 2 rings (SSSR count). The maximum absolute atomic E-state index is 6.08. The van der Waals surface area contributed by atoms with E-state index >= 15 is 0 Å². The highest BCUT2D eigenvalue weighted by molar-refractivity contribution is 6.34. The van der Waals surface area contributed by atoms with E-state index in [-0.39, 0.29) is 0 Å². The van der Waals surface area contributed by atoms with Gasteiger partial charge in [0.2, 0.25) is 0 Å². The molecule has 0 radical (unpaired) electrons. The predicted molar refractivity (Wildman–Crippen MR) is 66.5 cm³/mol. The molecule has 2 aromatic rings. The minimum atomic E-state index is 0.319. The lowest BCUT2D eigenvalue weighted by atomic mass is 10.2. The van der Waals surface area contributed by atoms with E-state index in [0.717, 1.165) is 11.3 Å². The molecule has 0 aliphatic carbocycles. The van der Waals surface area contributed by atoms with Crippen molar-refractivity contribution >= 4 is 34.7 Å². The number of nitrogens with one attached hydrogen (secondary N) is 1. The van der Waals surface area contributed by atoms with Gasteiger partial charge in [-0.2, -0.15) is 0 Å². The van der Waals surface area contributed by atoms with Crippen LogP contribution in [-0.4, -0.2) is 9.97 Å². The molecular formula is C11H9Cl2N3. The second-order valence-corrected chi connectivity index (χ2v) is 4.07. The maximum atomic E-state index is 6.08. The van der Waals surface area contributed by atoms with Crippen LogP contribution in [0.3, 0.4) is 0 Å². The second kappa shape index (κ2) is 4.68. The van der Waals surface area contributed by atoms with Gasteiger partial charge in [-0.15, -0.1) is 0 Å². The molecule has 0 spiro atoms. The lowest BCUT2D eigenvalue weighted by Gasteiger charge is -2.08. The summed E-state index contributed by atoms with van der Waals surface area (Å²) in [5.74, 6) is 0.495. The first-order valence-electron chi connectivity index (χ1n) is 4.66. The zero-order chi connectivity index (χ0) is 11.5. The minimum Gasteiger partial charge on any atom is -0.336 e. The van der Waals surface area contributed by atoms with Crippen molar-refractivity contribution in [3.05, 3.63) is 46.3 Å². The van der Waals surface area contributed by atoms with Gasteiger partial charge in [-0.1, -0.05) is 29.3 Å². The van der Waals surface area contributed by atoms with Gasteiger partial charge < -0.3 is 5.32 Å². The zero-order valence-electron chi connectivity index (χ0n) is 8.54.